The van der Waals surface area contributed by atoms with E-state index in [9.17, 15) is 14.4 Å². The summed E-state index contributed by atoms with van der Waals surface area (Å²) < 4.78 is 0.725. The van der Waals surface area contributed by atoms with Gasteiger partial charge in [0.05, 0.1) is 5.92 Å². The van der Waals surface area contributed by atoms with Gasteiger partial charge in [-0.15, -0.1) is 0 Å². The molecule has 0 aliphatic carbocycles. The first-order chi connectivity index (χ1) is 11.9. The summed E-state index contributed by atoms with van der Waals surface area (Å²) in [4.78, 5) is 40.6. The van der Waals surface area contributed by atoms with Crippen molar-refractivity contribution in [3.8, 4) is 0 Å². The van der Waals surface area contributed by atoms with Crippen LogP contribution >= 0.6 is 27.5 Å². The zero-order valence-corrected chi connectivity index (χ0v) is 15.2. The lowest BCUT2D eigenvalue weighted by molar-refractivity contribution is -0.126. The van der Waals surface area contributed by atoms with Crippen LogP contribution in [0.15, 0.2) is 41.0 Å². The van der Waals surface area contributed by atoms with Crippen LogP contribution in [-0.2, 0) is 9.59 Å². The number of anilines is 1. The van der Waals surface area contributed by atoms with Gasteiger partial charge in [-0.1, -0.05) is 17.7 Å². The van der Waals surface area contributed by atoms with E-state index in [4.69, 9.17) is 11.6 Å². The fraction of sp³-hybridized carbons (Fsp3) is 0.188. The number of nitrogens with zero attached hydrogens (tertiary/aromatic N) is 1. The molecule has 0 radical (unpaired) electrons. The van der Waals surface area contributed by atoms with Crippen LogP contribution in [0.25, 0.3) is 0 Å². The molecule has 25 heavy (non-hydrogen) atoms. The summed E-state index contributed by atoms with van der Waals surface area (Å²) in [6.45, 7) is 0.231. The molecule has 2 aromatic rings. The summed E-state index contributed by atoms with van der Waals surface area (Å²) in [6.07, 6.45) is 1.68. The summed E-state index contributed by atoms with van der Waals surface area (Å²) in [5, 5.41) is 0.516. The van der Waals surface area contributed by atoms with Gasteiger partial charge in [-0.05, 0) is 40.2 Å². The highest BCUT2D eigenvalue weighted by Gasteiger charge is 2.35. The van der Waals surface area contributed by atoms with E-state index in [-0.39, 0.29) is 18.9 Å². The molecule has 7 nitrogen and oxygen atoms in total. The van der Waals surface area contributed by atoms with E-state index in [0.29, 0.717) is 16.4 Å². The van der Waals surface area contributed by atoms with Crippen LogP contribution in [-0.4, -0.2) is 29.3 Å². The van der Waals surface area contributed by atoms with E-state index >= 15 is 0 Å². The van der Waals surface area contributed by atoms with Gasteiger partial charge in [-0.3, -0.25) is 25.2 Å². The summed E-state index contributed by atoms with van der Waals surface area (Å²) in [7, 11) is 0. The first kappa shape index (κ1) is 17.5. The van der Waals surface area contributed by atoms with Crippen LogP contribution < -0.4 is 15.8 Å². The van der Waals surface area contributed by atoms with Gasteiger partial charge in [0.15, 0.2) is 0 Å². The van der Waals surface area contributed by atoms with Crippen molar-refractivity contribution < 1.29 is 14.4 Å². The number of carbonyl (C=O) groups excluding carboxylic acids is 3. The Morgan fingerprint density at radius 1 is 1.28 bits per heavy atom. The van der Waals surface area contributed by atoms with Crippen molar-refractivity contribution in [2.45, 2.75) is 6.42 Å². The first-order valence-electron chi connectivity index (χ1n) is 7.44. The third-order valence-electron chi connectivity index (χ3n) is 3.81. The lowest BCUT2D eigenvalue weighted by Gasteiger charge is -2.17. The Kier molecular flexibility index (Phi) is 5.10. The molecular weight excluding hydrogens is 412 g/mol. The standard InChI is InChI=1S/C16H14BrClN4O3/c17-10-5-13(19-7-10)16(25)21-20-15(24)9-4-14(23)22(8-9)12-3-1-2-11(18)6-12/h1-3,5-7,9,19H,4,8H2,(H,20,24)(H,21,25). The van der Waals surface area contributed by atoms with E-state index in [1.54, 1.807) is 36.5 Å². The molecule has 1 aliphatic rings. The minimum absolute atomic E-state index is 0.0717. The molecule has 1 aromatic heterocycles. The van der Waals surface area contributed by atoms with E-state index < -0.39 is 17.7 Å². The Hall–Kier alpha value is -2.32. The van der Waals surface area contributed by atoms with E-state index in [0.717, 1.165) is 4.47 Å². The average molecular weight is 426 g/mol. The molecule has 1 unspecified atom stereocenters. The molecule has 1 aromatic carbocycles. The molecule has 9 heteroatoms. The monoisotopic (exact) mass is 424 g/mol. The van der Waals surface area contributed by atoms with E-state index in [1.807, 2.05) is 0 Å². The maximum Gasteiger partial charge on any atom is 0.286 e. The molecule has 3 amide bonds. The van der Waals surface area contributed by atoms with Crippen LogP contribution in [0.1, 0.15) is 16.9 Å². The highest BCUT2D eigenvalue weighted by Crippen LogP contribution is 2.27. The van der Waals surface area contributed by atoms with Crippen molar-refractivity contribution in [1.82, 2.24) is 15.8 Å². The lowest BCUT2D eigenvalue weighted by Crippen LogP contribution is -2.45. The van der Waals surface area contributed by atoms with Gasteiger partial charge in [-0.2, -0.15) is 0 Å². The third kappa shape index (κ3) is 4.02. The van der Waals surface area contributed by atoms with Gasteiger partial charge in [0.1, 0.15) is 5.69 Å². The number of hydrazine groups is 1. The van der Waals surface area contributed by atoms with Crippen LogP contribution in [0.2, 0.25) is 5.02 Å². The van der Waals surface area contributed by atoms with E-state index in [1.165, 1.54) is 4.90 Å². The Morgan fingerprint density at radius 2 is 2.08 bits per heavy atom. The minimum Gasteiger partial charge on any atom is -0.356 e. The molecule has 1 aliphatic heterocycles. The van der Waals surface area contributed by atoms with Crippen LogP contribution in [0.4, 0.5) is 5.69 Å². The molecule has 0 bridgehead atoms. The van der Waals surface area contributed by atoms with Crippen molar-refractivity contribution >= 4 is 50.9 Å². The molecular formula is C16H14BrClN4O3. The summed E-state index contributed by atoms with van der Waals surface area (Å²) >= 11 is 9.17. The van der Waals surface area contributed by atoms with Gasteiger partial charge in [-0.25, -0.2) is 0 Å². The zero-order valence-electron chi connectivity index (χ0n) is 12.9. The second-order valence-electron chi connectivity index (χ2n) is 5.56. The summed E-state index contributed by atoms with van der Waals surface area (Å²) in [5.41, 5.74) is 5.63. The number of aromatic amines is 1. The predicted octanol–water partition coefficient (Wildman–Crippen LogP) is 2.24. The normalized spacial score (nSPS) is 16.8. The smallest absolute Gasteiger partial charge is 0.286 e. The zero-order chi connectivity index (χ0) is 18.0. The predicted molar refractivity (Wildman–Crippen MR) is 96.0 cm³/mol. The number of benzene rings is 1. The Morgan fingerprint density at radius 3 is 2.76 bits per heavy atom. The second kappa shape index (κ2) is 7.28. The Bertz CT molecular complexity index is 838. The molecule has 2 heterocycles. The highest BCUT2D eigenvalue weighted by molar-refractivity contribution is 9.10. The Balaban J connectivity index is 1.58. The van der Waals surface area contributed by atoms with E-state index in [2.05, 4.69) is 31.8 Å². The number of aromatic nitrogens is 1. The summed E-state index contributed by atoms with van der Waals surface area (Å²) in [5.74, 6) is -1.61. The number of rotatable bonds is 3. The fourth-order valence-electron chi connectivity index (χ4n) is 2.56. The maximum absolute atomic E-state index is 12.2. The Labute approximate surface area is 156 Å². The first-order valence-corrected chi connectivity index (χ1v) is 8.61. The molecule has 1 atom stereocenters. The second-order valence-corrected chi connectivity index (χ2v) is 6.91. The van der Waals surface area contributed by atoms with Crippen molar-refractivity contribution in [2.75, 3.05) is 11.4 Å². The topological polar surface area (TPSA) is 94.3 Å². The molecule has 0 spiro atoms. The fourth-order valence-corrected chi connectivity index (χ4v) is 3.09. The number of halogens is 2. The number of hydrogen-bond acceptors (Lipinski definition) is 3. The third-order valence-corrected chi connectivity index (χ3v) is 4.50. The number of amides is 3. The SMILES string of the molecule is O=C(NNC(=O)C1CC(=O)N(c2cccc(Cl)c2)C1)c1cc(Br)c[nH]1. The van der Waals surface area contributed by atoms with Crippen molar-refractivity contribution in [2.24, 2.45) is 5.92 Å². The van der Waals surface area contributed by atoms with Crippen LogP contribution in [0.3, 0.4) is 0 Å². The largest absolute Gasteiger partial charge is 0.356 e. The van der Waals surface area contributed by atoms with Gasteiger partial charge < -0.3 is 9.88 Å². The minimum atomic E-state index is -0.554. The molecule has 130 valence electrons. The molecule has 3 rings (SSSR count). The van der Waals surface area contributed by atoms with Crippen molar-refractivity contribution in [1.29, 1.82) is 0 Å². The van der Waals surface area contributed by atoms with Crippen molar-refractivity contribution in [3.63, 3.8) is 0 Å². The molecule has 3 N–H and O–H groups in total. The van der Waals surface area contributed by atoms with Crippen molar-refractivity contribution in [3.05, 3.63) is 51.7 Å². The number of nitrogens with one attached hydrogen (secondary N) is 3. The quantitative estimate of drug-likeness (QED) is 0.658. The lowest BCUT2D eigenvalue weighted by atomic mass is 10.1. The van der Waals surface area contributed by atoms with Gasteiger partial charge in [0.2, 0.25) is 11.8 Å². The van der Waals surface area contributed by atoms with Crippen LogP contribution in [0.5, 0.6) is 0 Å². The maximum atomic E-state index is 12.2. The molecule has 0 saturated carbocycles. The number of hydrogen-bond donors (Lipinski definition) is 3. The average Bonchev–Trinajstić information content (AvgIpc) is 3.18. The number of carbonyl (C=O) groups is 3. The van der Waals surface area contributed by atoms with Gasteiger partial charge >= 0.3 is 0 Å². The van der Waals surface area contributed by atoms with Crippen LogP contribution in [0, 0.1) is 5.92 Å². The van der Waals surface area contributed by atoms with Gasteiger partial charge in [0.25, 0.3) is 5.91 Å². The molecule has 1 saturated heterocycles. The summed E-state index contributed by atoms with van der Waals surface area (Å²) in [6, 6.07) is 8.47. The number of H-pyrrole nitrogens is 1. The van der Waals surface area contributed by atoms with Gasteiger partial charge in [0, 0.05) is 34.3 Å². The molecule has 1 fully saturated rings. The highest BCUT2D eigenvalue weighted by atomic mass is 79.9.